The number of rotatable bonds is 7. The van der Waals surface area contributed by atoms with Gasteiger partial charge >= 0.3 is 0 Å². The van der Waals surface area contributed by atoms with Crippen LogP contribution in [-0.2, 0) is 11.3 Å². The topological polar surface area (TPSA) is 50.4 Å². The van der Waals surface area contributed by atoms with Crippen molar-refractivity contribution in [1.29, 1.82) is 0 Å². The number of carbonyl (C=O) groups is 1. The Labute approximate surface area is 136 Å². The van der Waals surface area contributed by atoms with Gasteiger partial charge in [0, 0.05) is 12.6 Å². The summed E-state index contributed by atoms with van der Waals surface area (Å²) in [6.07, 6.45) is 0.343. The molecule has 0 spiro atoms. The standard InChI is InChI=1S/C14H20Br2N2O2/c1-9(2)18-13(19)4-5-20-14-11(15)6-10(8-17-3)7-12(14)16/h6-7,9,17H,4-5,8H2,1-3H3,(H,18,19). The molecule has 0 aliphatic carbocycles. The first-order valence-electron chi connectivity index (χ1n) is 6.48. The molecule has 0 unspecified atom stereocenters. The SMILES string of the molecule is CNCc1cc(Br)c(OCCC(=O)NC(C)C)c(Br)c1. The Morgan fingerprint density at radius 1 is 1.30 bits per heavy atom. The first-order valence-corrected chi connectivity index (χ1v) is 8.07. The lowest BCUT2D eigenvalue weighted by atomic mass is 10.2. The average Bonchev–Trinajstić information content (AvgIpc) is 2.32. The maximum Gasteiger partial charge on any atom is 0.223 e. The monoisotopic (exact) mass is 406 g/mol. The molecule has 0 radical (unpaired) electrons. The second-order valence-corrected chi connectivity index (χ2v) is 6.45. The van der Waals surface area contributed by atoms with Gasteiger partial charge in [-0.05, 0) is 70.5 Å². The van der Waals surface area contributed by atoms with Crippen molar-refractivity contribution in [3.05, 3.63) is 26.6 Å². The molecule has 2 N–H and O–H groups in total. The van der Waals surface area contributed by atoms with Gasteiger partial charge < -0.3 is 15.4 Å². The van der Waals surface area contributed by atoms with Crippen molar-refractivity contribution < 1.29 is 9.53 Å². The van der Waals surface area contributed by atoms with Crippen LogP contribution in [0.4, 0.5) is 0 Å². The number of benzene rings is 1. The number of hydrogen-bond donors (Lipinski definition) is 2. The summed E-state index contributed by atoms with van der Waals surface area (Å²) in [6, 6.07) is 4.16. The van der Waals surface area contributed by atoms with E-state index in [0.717, 1.165) is 26.8 Å². The number of carbonyl (C=O) groups excluding carboxylic acids is 1. The predicted octanol–water partition coefficient (Wildman–Crippen LogP) is 3.22. The third kappa shape index (κ3) is 5.81. The van der Waals surface area contributed by atoms with Crippen LogP contribution in [0, 0.1) is 0 Å². The van der Waals surface area contributed by atoms with Gasteiger partial charge in [-0.2, -0.15) is 0 Å². The fraction of sp³-hybridized carbons (Fsp3) is 0.500. The molecule has 0 aliphatic heterocycles. The van der Waals surface area contributed by atoms with E-state index in [2.05, 4.69) is 42.5 Å². The number of nitrogens with one attached hydrogen (secondary N) is 2. The molecule has 1 aromatic rings. The molecule has 112 valence electrons. The fourth-order valence-electron chi connectivity index (χ4n) is 1.70. The highest BCUT2D eigenvalue weighted by Crippen LogP contribution is 2.34. The van der Waals surface area contributed by atoms with Gasteiger partial charge in [0.1, 0.15) is 5.75 Å². The third-order valence-electron chi connectivity index (χ3n) is 2.46. The highest BCUT2D eigenvalue weighted by Gasteiger charge is 2.10. The predicted molar refractivity (Wildman–Crippen MR) is 88.0 cm³/mol. The van der Waals surface area contributed by atoms with Gasteiger partial charge in [0.25, 0.3) is 0 Å². The van der Waals surface area contributed by atoms with Crippen molar-refractivity contribution in [1.82, 2.24) is 10.6 Å². The van der Waals surface area contributed by atoms with Gasteiger partial charge in [-0.15, -0.1) is 0 Å². The van der Waals surface area contributed by atoms with E-state index in [1.807, 2.05) is 33.0 Å². The molecule has 0 atom stereocenters. The van der Waals surface area contributed by atoms with E-state index in [1.165, 1.54) is 0 Å². The summed E-state index contributed by atoms with van der Waals surface area (Å²) < 4.78 is 7.43. The smallest absolute Gasteiger partial charge is 0.223 e. The Morgan fingerprint density at radius 2 is 1.90 bits per heavy atom. The zero-order valence-corrected chi connectivity index (χ0v) is 15.1. The van der Waals surface area contributed by atoms with Crippen molar-refractivity contribution in [3.8, 4) is 5.75 Å². The molecule has 0 heterocycles. The first-order chi connectivity index (χ1) is 9.43. The number of hydrogen-bond acceptors (Lipinski definition) is 3. The van der Waals surface area contributed by atoms with E-state index < -0.39 is 0 Å². The first kappa shape index (κ1) is 17.5. The van der Waals surface area contributed by atoms with Gasteiger partial charge in [0.2, 0.25) is 5.91 Å². The van der Waals surface area contributed by atoms with Crippen molar-refractivity contribution in [2.45, 2.75) is 32.9 Å². The molecule has 0 saturated carbocycles. The van der Waals surface area contributed by atoms with Crippen LogP contribution in [0.5, 0.6) is 5.75 Å². The van der Waals surface area contributed by atoms with Gasteiger partial charge in [-0.25, -0.2) is 0 Å². The normalized spacial score (nSPS) is 10.7. The summed E-state index contributed by atoms with van der Waals surface area (Å²) in [5.41, 5.74) is 1.15. The van der Waals surface area contributed by atoms with Crippen LogP contribution in [0.1, 0.15) is 25.8 Å². The number of halogens is 2. The Morgan fingerprint density at radius 3 is 2.40 bits per heavy atom. The molecule has 1 amide bonds. The van der Waals surface area contributed by atoms with Crippen LogP contribution in [0.25, 0.3) is 0 Å². The summed E-state index contributed by atoms with van der Waals surface area (Å²) in [7, 11) is 1.90. The van der Waals surface area contributed by atoms with Crippen LogP contribution >= 0.6 is 31.9 Å². The average molecular weight is 408 g/mol. The van der Waals surface area contributed by atoms with Crippen LogP contribution in [-0.4, -0.2) is 25.6 Å². The quantitative estimate of drug-likeness (QED) is 0.729. The molecule has 1 aromatic carbocycles. The van der Waals surface area contributed by atoms with Crippen LogP contribution in [0.3, 0.4) is 0 Å². The van der Waals surface area contributed by atoms with Gasteiger partial charge in [-0.1, -0.05) is 0 Å². The Bertz CT molecular complexity index is 441. The van der Waals surface area contributed by atoms with Crippen molar-refractivity contribution in [3.63, 3.8) is 0 Å². The molecule has 0 aliphatic rings. The molecular weight excluding hydrogens is 388 g/mol. The summed E-state index contributed by atoms with van der Waals surface area (Å²) in [5, 5.41) is 5.93. The van der Waals surface area contributed by atoms with Gasteiger partial charge in [-0.3, -0.25) is 4.79 Å². The lowest BCUT2D eigenvalue weighted by molar-refractivity contribution is -0.122. The highest BCUT2D eigenvalue weighted by molar-refractivity contribution is 9.11. The summed E-state index contributed by atoms with van der Waals surface area (Å²) in [4.78, 5) is 11.5. The molecule has 6 heteroatoms. The zero-order valence-electron chi connectivity index (χ0n) is 11.9. The van der Waals surface area contributed by atoms with Crippen LogP contribution in [0.2, 0.25) is 0 Å². The van der Waals surface area contributed by atoms with Crippen molar-refractivity contribution in [2.75, 3.05) is 13.7 Å². The maximum atomic E-state index is 11.5. The third-order valence-corrected chi connectivity index (χ3v) is 3.64. The molecule has 0 bridgehead atoms. The minimum atomic E-state index is -0.000881. The Kier molecular flexibility index (Phi) is 7.55. The Balaban J connectivity index is 2.58. The van der Waals surface area contributed by atoms with Gasteiger partial charge in [0.05, 0.1) is 22.0 Å². The van der Waals surface area contributed by atoms with E-state index in [-0.39, 0.29) is 11.9 Å². The summed E-state index contributed by atoms with van der Waals surface area (Å²) >= 11 is 6.98. The van der Waals surface area contributed by atoms with Crippen LogP contribution < -0.4 is 15.4 Å². The van der Waals surface area contributed by atoms with E-state index in [9.17, 15) is 4.79 Å². The van der Waals surface area contributed by atoms with Crippen LogP contribution in [0.15, 0.2) is 21.1 Å². The number of ether oxygens (including phenoxy) is 1. The van der Waals surface area contributed by atoms with E-state index in [4.69, 9.17) is 4.74 Å². The second kappa shape index (κ2) is 8.64. The maximum absolute atomic E-state index is 11.5. The molecule has 20 heavy (non-hydrogen) atoms. The van der Waals surface area contributed by atoms with E-state index >= 15 is 0 Å². The summed E-state index contributed by atoms with van der Waals surface area (Å²) in [6.45, 7) is 5.01. The largest absolute Gasteiger partial charge is 0.491 e. The molecule has 1 rings (SSSR count). The summed E-state index contributed by atoms with van der Waals surface area (Å²) in [5.74, 6) is 0.723. The van der Waals surface area contributed by atoms with Crippen molar-refractivity contribution >= 4 is 37.8 Å². The Hall–Kier alpha value is -0.590. The number of amides is 1. The lowest BCUT2D eigenvalue weighted by Crippen LogP contribution is -2.31. The molecule has 4 nitrogen and oxygen atoms in total. The van der Waals surface area contributed by atoms with Gasteiger partial charge in [0.15, 0.2) is 0 Å². The molecule has 0 aromatic heterocycles. The molecule has 0 saturated heterocycles. The van der Waals surface area contributed by atoms with Crippen molar-refractivity contribution in [2.24, 2.45) is 0 Å². The molecule has 0 fully saturated rings. The highest BCUT2D eigenvalue weighted by atomic mass is 79.9. The van der Waals surface area contributed by atoms with E-state index in [0.29, 0.717) is 13.0 Å². The van der Waals surface area contributed by atoms with E-state index in [1.54, 1.807) is 0 Å². The zero-order chi connectivity index (χ0) is 15.1. The minimum absolute atomic E-state index is 0.000881. The lowest BCUT2D eigenvalue weighted by Gasteiger charge is -2.13. The molecular formula is C14H20Br2N2O2. The minimum Gasteiger partial charge on any atom is -0.491 e. The fourth-order valence-corrected chi connectivity index (χ4v) is 3.21. The second-order valence-electron chi connectivity index (χ2n) is 4.74.